The predicted octanol–water partition coefficient (Wildman–Crippen LogP) is 1.10. The van der Waals surface area contributed by atoms with E-state index in [0.717, 1.165) is 5.56 Å². The number of nitriles is 1. The van der Waals surface area contributed by atoms with Crippen LogP contribution in [0.1, 0.15) is 18.4 Å². The molecular formula is C11H11N3O. The highest BCUT2D eigenvalue weighted by Crippen LogP contribution is 2.20. The molecule has 1 aliphatic heterocycles. The van der Waals surface area contributed by atoms with E-state index in [2.05, 4.69) is 11.1 Å². The van der Waals surface area contributed by atoms with E-state index in [4.69, 9.17) is 5.26 Å². The number of carbonyl (C=O) groups is 1. The summed E-state index contributed by atoms with van der Waals surface area (Å²) in [5.74, 6) is 0.0606. The Bertz CT molecular complexity index is 396. The molecular weight excluding hydrogens is 190 g/mol. The lowest BCUT2D eigenvalue weighted by atomic mass is 10.2. The molecule has 4 nitrogen and oxygen atoms in total. The number of hydrogen-bond acceptors (Lipinski definition) is 3. The Balaban J connectivity index is 2.11. The lowest BCUT2D eigenvalue weighted by molar-refractivity contribution is -0.128. The molecule has 0 bridgehead atoms. The first-order valence-corrected chi connectivity index (χ1v) is 4.89. The molecule has 0 spiro atoms. The Hall–Kier alpha value is -1.89. The predicted molar refractivity (Wildman–Crippen MR) is 53.4 cm³/mol. The standard InChI is InChI=1S/C11H11N3O/c12-6-10-3-4-11(15)14(10)8-9-2-1-5-13-7-9/h1-2,5,7,10H,3-4,8H2. The SMILES string of the molecule is N#CC1CCC(=O)N1Cc1cccnc1. The summed E-state index contributed by atoms with van der Waals surface area (Å²) in [6.07, 6.45) is 4.55. The van der Waals surface area contributed by atoms with Crippen LogP contribution in [0.2, 0.25) is 0 Å². The van der Waals surface area contributed by atoms with Crippen molar-refractivity contribution in [3.05, 3.63) is 30.1 Å². The first-order chi connectivity index (χ1) is 7.31. The minimum atomic E-state index is -0.266. The van der Waals surface area contributed by atoms with Gasteiger partial charge in [0.2, 0.25) is 5.91 Å². The molecule has 15 heavy (non-hydrogen) atoms. The number of amides is 1. The summed E-state index contributed by atoms with van der Waals surface area (Å²) in [5.41, 5.74) is 0.966. The van der Waals surface area contributed by atoms with Crippen LogP contribution in [0.25, 0.3) is 0 Å². The second kappa shape index (κ2) is 4.09. The van der Waals surface area contributed by atoms with Gasteiger partial charge in [0.05, 0.1) is 6.07 Å². The Morgan fingerprint density at radius 2 is 2.53 bits per heavy atom. The van der Waals surface area contributed by atoms with E-state index in [1.165, 1.54) is 0 Å². The van der Waals surface area contributed by atoms with Gasteiger partial charge in [-0.25, -0.2) is 0 Å². The first-order valence-electron chi connectivity index (χ1n) is 4.89. The van der Waals surface area contributed by atoms with Gasteiger partial charge in [0.1, 0.15) is 6.04 Å². The van der Waals surface area contributed by atoms with Crippen LogP contribution < -0.4 is 0 Å². The molecule has 1 aromatic rings. The lowest BCUT2D eigenvalue weighted by Crippen LogP contribution is -2.31. The van der Waals surface area contributed by atoms with E-state index < -0.39 is 0 Å². The Morgan fingerprint density at radius 1 is 1.67 bits per heavy atom. The zero-order chi connectivity index (χ0) is 10.7. The van der Waals surface area contributed by atoms with Crippen LogP contribution in [-0.4, -0.2) is 21.8 Å². The Morgan fingerprint density at radius 3 is 3.20 bits per heavy atom. The van der Waals surface area contributed by atoms with Crippen LogP contribution in [0.4, 0.5) is 0 Å². The zero-order valence-corrected chi connectivity index (χ0v) is 8.26. The number of nitrogens with zero attached hydrogens (tertiary/aromatic N) is 3. The Labute approximate surface area is 88.1 Å². The van der Waals surface area contributed by atoms with Gasteiger partial charge in [-0.15, -0.1) is 0 Å². The van der Waals surface area contributed by atoms with E-state index in [-0.39, 0.29) is 11.9 Å². The maximum Gasteiger partial charge on any atom is 0.224 e. The second-order valence-corrected chi connectivity index (χ2v) is 3.57. The molecule has 2 rings (SSSR count). The minimum absolute atomic E-state index is 0.0606. The van der Waals surface area contributed by atoms with Gasteiger partial charge in [-0.3, -0.25) is 9.78 Å². The molecule has 1 amide bonds. The first kappa shape index (κ1) is 9.66. The van der Waals surface area contributed by atoms with Gasteiger partial charge < -0.3 is 4.90 Å². The van der Waals surface area contributed by atoms with Crippen molar-refractivity contribution >= 4 is 5.91 Å². The molecule has 1 atom stereocenters. The number of carbonyl (C=O) groups excluding carboxylic acids is 1. The third kappa shape index (κ3) is 1.96. The number of pyridine rings is 1. The van der Waals surface area contributed by atoms with E-state index in [1.54, 1.807) is 17.3 Å². The van der Waals surface area contributed by atoms with Crippen molar-refractivity contribution in [3.63, 3.8) is 0 Å². The number of hydrogen-bond donors (Lipinski definition) is 0. The lowest BCUT2D eigenvalue weighted by Gasteiger charge is -2.19. The number of rotatable bonds is 2. The summed E-state index contributed by atoms with van der Waals surface area (Å²) in [7, 11) is 0. The molecule has 0 N–H and O–H groups in total. The van der Waals surface area contributed by atoms with Crippen LogP contribution in [0.3, 0.4) is 0 Å². The third-order valence-electron chi connectivity index (χ3n) is 2.55. The highest BCUT2D eigenvalue weighted by Gasteiger charge is 2.30. The largest absolute Gasteiger partial charge is 0.322 e. The van der Waals surface area contributed by atoms with Gasteiger partial charge in [-0.2, -0.15) is 5.26 Å². The molecule has 0 aliphatic carbocycles. The van der Waals surface area contributed by atoms with E-state index in [0.29, 0.717) is 19.4 Å². The Kier molecular flexibility index (Phi) is 2.64. The molecule has 1 saturated heterocycles. The summed E-state index contributed by atoms with van der Waals surface area (Å²) in [6.45, 7) is 0.491. The van der Waals surface area contributed by atoms with Gasteiger partial charge in [0.15, 0.2) is 0 Å². The molecule has 1 aromatic heterocycles. The molecule has 4 heteroatoms. The van der Waals surface area contributed by atoms with Crippen molar-refractivity contribution in [1.82, 2.24) is 9.88 Å². The fraction of sp³-hybridized carbons (Fsp3) is 0.364. The van der Waals surface area contributed by atoms with Crippen molar-refractivity contribution in [1.29, 1.82) is 5.26 Å². The molecule has 76 valence electrons. The third-order valence-corrected chi connectivity index (χ3v) is 2.55. The number of aromatic nitrogens is 1. The normalized spacial score (nSPS) is 20.3. The average molecular weight is 201 g/mol. The molecule has 0 radical (unpaired) electrons. The summed E-state index contributed by atoms with van der Waals surface area (Å²) in [5, 5.41) is 8.87. The molecule has 0 aromatic carbocycles. The fourth-order valence-electron chi connectivity index (χ4n) is 1.75. The average Bonchev–Trinajstić information content (AvgIpc) is 2.62. The van der Waals surface area contributed by atoms with Crippen LogP contribution >= 0.6 is 0 Å². The maximum atomic E-state index is 11.5. The van der Waals surface area contributed by atoms with Crippen molar-refractivity contribution in [2.75, 3.05) is 0 Å². The quantitative estimate of drug-likeness (QED) is 0.719. The van der Waals surface area contributed by atoms with Crippen molar-refractivity contribution < 1.29 is 4.79 Å². The molecule has 1 aliphatic rings. The summed E-state index contributed by atoms with van der Waals surface area (Å²) < 4.78 is 0. The van der Waals surface area contributed by atoms with Crippen molar-refractivity contribution in [2.24, 2.45) is 0 Å². The van der Waals surface area contributed by atoms with Crippen LogP contribution in [0.5, 0.6) is 0 Å². The monoisotopic (exact) mass is 201 g/mol. The summed E-state index contributed by atoms with van der Waals surface area (Å²) in [4.78, 5) is 17.1. The number of likely N-dealkylation sites (tertiary alicyclic amines) is 1. The summed E-state index contributed by atoms with van der Waals surface area (Å²) >= 11 is 0. The van der Waals surface area contributed by atoms with Crippen LogP contribution in [-0.2, 0) is 11.3 Å². The second-order valence-electron chi connectivity index (χ2n) is 3.57. The van der Waals surface area contributed by atoms with E-state index >= 15 is 0 Å². The van der Waals surface area contributed by atoms with Gasteiger partial charge in [0, 0.05) is 25.4 Å². The molecule has 0 saturated carbocycles. The van der Waals surface area contributed by atoms with Crippen molar-refractivity contribution in [3.8, 4) is 6.07 Å². The van der Waals surface area contributed by atoms with E-state index in [1.807, 2.05) is 12.1 Å². The fourth-order valence-corrected chi connectivity index (χ4v) is 1.75. The smallest absolute Gasteiger partial charge is 0.224 e. The van der Waals surface area contributed by atoms with Gasteiger partial charge in [0.25, 0.3) is 0 Å². The maximum absolute atomic E-state index is 11.5. The molecule has 2 heterocycles. The van der Waals surface area contributed by atoms with Crippen LogP contribution in [0.15, 0.2) is 24.5 Å². The molecule has 1 unspecified atom stereocenters. The minimum Gasteiger partial charge on any atom is -0.322 e. The van der Waals surface area contributed by atoms with Gasteiger partial charge >= 0.3 is 0 Å². The highest BCUT2D eigenvalue weighted by atomic mass is 16.2. The van der Waals surface area contributed by atoms with E-state index in [9.17, 15) is 4.79 Å². The highest BCUT2D eigenvalue weighted by molar-refractivity contribution is 5.79. The van der Waals surface area contributed by atoms with Gasteiger partial charge in [-0.05, 0) is 18.1 Å². The summed E-state index contributed by atoms with van der Waals surface area (Å²) in [6, 6.07) is 5.62. The van der Waals surface area contributed by atoms with Crippen molar-refractivity contribution in [2.45, 2.75) is 25.4 Å². The van der Waals surface area contributed by atoms with Crippen LogP contribution in [0, 0.1) is 11.3 Å². The topological polar surface area (TPSA) is 57.0 Å². The van der Waals surface area contributed by atoms with Gasteiger partial charge in [-0.1, -0.05) is 6.07 Å². The molecule has 1 fully saturated rings. The zero-order valence-electron chi connectivity index (χ0n) is 8.26.